The summed E-state index contributed by atoms with van der Waals surface area (Å²) in [5, 5.41) is 38.2. The Labute approximate surface area is 383 Å². The van der Waals surface area contributed by atoms with Crippen LogP contribution in [-0.4, -0.2) is 64.1 Å². The summed E-state index contributed by atoms with van der Waals surface area (Å²) >= 11 is 3.48. The van der Waals surface area contributed by atoms with E-state index in [1.54, 1.807) is 41.7 Å². The predicted octanol–water partition coefficient (Wildman–Crippen LogP) is 11.5. The van der Waals surface area contributed by atoms with Crippen molar-refractivity contribution in [3.8, 4) is 11.5 Å². The van der Waals surface area contributed by atoms with Gasteiger partial charge in [-0.2, -0.15) is 0 Å². The third-order valence-corrected chi connectivity index (χ3v) is 14.8. The molecule has 10 nitrogen and oxygen atoms in total. The molecule has 5 aromatic rings. The number of thioether (sulfide) groups is 2. The molecule has 5 aromatic carbocycles. The number of fused-ring (bicyclic) bond motifs is 3. The van der Waals surface area contributed by atoms with Crippen molar-refractivity contribution >= 4 is 45.7 Å². The second kappa shape index (κ2) is 21.7. The van der Waals surface area contributed by atoms with E-state index in [0.717, 1.165) is 81.0 Å². The number of benzene rings is 5. The number of oxime groups is 1. The summed E-state index contributed by atoms with van der Waals surface area (Å²) in [4.78, 5) is 19.4. The normalized spacial score (nSPS) is 22.8. The predicted molar refractivity (Wildman–Crippen MR) is 255 cm³/mol. The Morgan fingerprint density at radius 2 is 1.64 bits per heavy atom. The van der Waals surface area contributed by atoms with E-state index < -0.39 is 10.7 Å². The zero-order valence-electron chi connectivity index (χ0n) is 36.0. The van der Waals surface area contributed by atoms with Crippen LogP contribution in [0.1, 0.15) is 62.0 Å². The molecule has 0 aromatic heterocycles. The molecule has 2 N–H and O–H groups in total. The van der Waals surface area contributed by atoms with E-state index in [1.165, 1.54) is 17.0 Å². The van der Waals surface area contributed by atoms with Crippen molar-refractivity contribution in [2.45, 2.75) is 78.3 Å². The van der Waals surface area contributed by atoms with Crippen molar-refractivity contribution in [1.82, 2.24) is 0 Å². The van der Waals surface area contributed by atoms with Gasteiger partial charge in [0.15, 0.2) is 0 Å². The Bertz CT molecular complexity index is 2430. The number of aliphatic hydroxyl groups is 2. The smallest absolute Gasteiger partial charge is 0.269 e. The molecule has 0 amide bonds. The maximum Gasteiger partial charge on any atom is 0.269 e. The molecule has 8 rings (SSSR count). The van der Waals surface area contributed by atoms with Gasteiger partial charge in [0, 0.05) is 58.8 Å². The molecule has 1 saturated carbocycles. The zero-order chi connectivity index (χ0) is 44.3. The van der Waals surface area contributed by atoms with Crippen molar-refractivity contribution in [2.75, 3.05) is 32.2 Å². The number of nitrogens with zero attached hydrogens (tertiary/aromatic N) is 2. The highest BCUT2D eigenvalue weighted by Gasteiger charge is 2.64. The lowest BCUT2D eigenvalue weighted by Gasteiger charge is -2.58. The van der Waals surface area contributed by atoms with Gasteiger partial charge in [0.1, 0.15) is 18.1 Å². The molecule has 334 valence electrons. The lowest BCUT2D eigenvalue weighted by Crippen LogP contribution is -2.64. The lowest BCUT2D eigenvalue weighted by molar-refractivity contribution is -0.384. The van der Waals surface area contributed by atoms with Crippen molar-refractivity contribution in [1.29, 1.82) is 0 Å². The maximum atomic E-state index is 11.4. The minimum Gasteiger partial charge on any atom is -0.493 e. The van der Waals surface area contributed by atoms with E-state index in [0.29, 0.717) is 25.9 Å². The quantitative estimate of drug-likeness (QED) is 0.0227. The molecule has 6 unspecified atom stereocenters. The van der Waals surface area contributed by atoms with E-state index in [-0.39, 0.29) is 61.0 Å². The Kier molecular flexibility index (Phi) is 15.4. The van der Waals surface area contributed by atoms with Crippen LogP contribution in [0.5, 0.6) is 11.5 Å². The molecule has 1 heterocycles. The van der Waals surface area contributed by atoms with Crippen LogP contribution >= 0.6 is 23.5 Å². The van der Waals surface area contributed by atoms with Crippen LogP contribution < -0.4 is 9.47 Å². The van der Waals surface area contributed by atoms with Gasteiger partial charge in [0.25, 0.3) is 5.69 Å². The van der Waals surface area contributed by atoms with E-state index in [2.05, 4.69) is 67.3 Å². The van der Waals surface area contributed by atoms with Gasteiger partial charge in [-0.1, -0.05) is 78.7 Å². The summed E-state index contributed by atoms with van der Waals surface area (Å²) < 4.78 is 21.0. The van der Waals surface area contributed by atoms with E-state index in [1.807, 2.05) is 36.4 Å². The molecule has 0 saturated heterocycles. The minimum absolute atomic E-state index is 0.0168. The maximum absolute atomic E-state index is 11.4. The van der Waals surface area contributed by atoms with Crippen molar-refractivity contribution < 1.29 is 34.2 Å². The van der Waals surface area contributed by atoms with E-state index in [9.17, 15) is 20.3 Å². The Morgan fingerprint density at radius 1 is 0.875 bits per heavy atom. The van der Waals surface area contributed by atoms with Gasteiger partial charge >= 0.3 is 0 Å². The molecule has 64 heavy (non-hydrogen) atoms. The number of aliphatic hydroxyl groups excluding tert-OH is 2. The number of hydrogen-bond donors (Lipinski definition) is 2. The largest absolute Gasteiger partial charge is 0.493 e. The van der Waals surface area contributed by atoms with Crippen LogP contribution in [0.15, 0.2) is 155 Å². The highest BCUT2D eigenvalue weighted by molar-refractivity contribution is 8.00. The number of unbranched alkanes of at least 4 members (excludes halogenated alkanes) is 2. The minimum atomic E-state index is -1.15. The molecular formula is C52H56N2O8S2. The first kappa shape index (κ1) is 45.5. The summed E-state index contributed by atoms with van der Waals surface area (Å²) in [6.07, 6.45) is 9.47. The van der Waals surface area contributed by atoms with Gasteiger partial charge in [-0.15, -0.1) is 30.1 Å². The van der Waals surface area contributed by atoms with Gasteiger partial charge in [-0.3, -0.25) is 10.1 Å². The first-order chi connectivity index (χ1) is 31.4. The molecule has 2 aliphatic carbocycles. The highest BCUT2D eigenvalue weighted by atomic mass is 32.2. The topological polar surface area (TPSA) is 133 Å². The fourth-order valence-corrected chi connectivity index (χ4v) is 11.7. The molecule has 1 aliphatic heterocycles. The van der Waals surface area contributed by atoms with Crippen LogP contribution in [-0.2, 0) is 16.2 Å². The van der Waals surface area contributed by atoms with E-state index >= 15 is 0 Å². The molecule has 0 radical (unpaired) electrons. The van der Waals surface area contributed by atoms with Crippen LogP contribution in [0, 0.1) is 27.9 Å². The summed E-state index contributed by atoms with van der Waals surface area (Å²) in [6, 6.07) is 37.8. The van der Waals surface area contributed by atoms with Crippen LogP contribution in [0.2, 0.25) is 0 Å². The molecule has 12 heteroatoms. The van der Waals surface area contributed by atoms with Gasteiger partial charge in [0.2, 0.25) is 5.79 Å². The number of non-ortho nitro benzene ring substituents is 1. The van der Waals surface area contributed by atoms with Gasteiger partial charge in [0.05, 0.1) is 35.0 Å². The highest BCUT2D eigenvalue weighted by Crippen LogP contribution is 2.63. The number of hydrogen-bond acceptors (Lipinski definition) is 11. The molecule has 6 atom stereocenters. The summed E-state index contributed by atoms with van der Waals surface area (Å²) in [5.74, 6) is 1.04. The van der Waals surface area contributed by atoms with E-state index in [4.69, 9.17) is 24.2 Å². The van der Waals surface area contributed by atoms with Crippen molar-refractivity contribution in [2.24, 2.45) is 22.9 Å². The molecule has 1 fully saturated rings. The second-order valence-corrected chi connectivity index (χ2v) is 19.0. The van der Waals surface area contributed by atoms with Gasteiger partial charge in [-0.25, -0.2) is 0 Å². The molecular weight excluding hydrogens is 845 g/mol. The first-order valence-corrected chi connectivity index (χ1v) is 24.2. The third-order valence-electron chi connectivity index (χ3n) is 12.5. The molecule has 0 spiro atoms. The molecule has 0 bridgehead atoms. The second-order valence-electron chi connectivity index (χ2n) is 16.6. The number of nitro benzene ring substituents is 1. The monoisotopic (exact) mass is 900 g/mol. The SMILES string of the molecule is C=CCOC12Oc3ccc(OCCSc4ccccc4)cc3C3C(CCCCO)C(CCCCO)C=C(C(=NOCc4ccc([N+](=O)[O-])cc4)CC1Sc1ccc4ccccc4c1)C32. The van der Waals surface area contributed by atoms with Gasteiger partial charge < -0.3 is 29.3 Å². The summed E-state index contributed by atoms with van der Waals surface area (Å²) in [6.45, 7) is 5.25. The van der Waals surface area contributed by atoms with Crippen LogP contribution in [0.4, 0.5) is 5.69 Å². The number of allylic oxidation sites excluding steroid dienone is 1. The summed E-state index contributed by atoms with van der Waals surface area (Å²) in [5.41, 5.74) is 3.68. The van der Waals surface area contributed by atoms with Crippen LogP contribution in [0.3, 0.4) is 0 Å². The number of ether oxygens (including phenoxy) is 3. The Balaban J connectivity index is 1.23. The van der Waals surface area contributed by atoms with Gasteiger partial charge in [-0.05, 0) is 114 Å². The van der Waals surface area contributed by atoms with Crippen LogP contribution in [0.25, 0.3) is 10.8 Å². The number of nitro groups is 1. The average molecular weight is 901 g/mol. The Morgan fingerprint density at radius 3 is 2.41 bits per heavy atom. The Hall–Kier alpha value is -5.11. The molecule has 3 aliphatic rings. The third kappa shape index (κ3) is 10.4. The zero-order valence-corrected chi connectivity index (χ0v) is 37.6. The van der Waals surface area contributed by atoms with Crippen molar-refractivity contribution in [3.05, 3.63) is 161 Å². The number of rotatable bonds is 22. The fourth-order valence-electron chi connectivity index (χ4n) is 9.65. The van der Waals surface area contributed by atoms with Crippen molar-refractivity contribution in [3.63, 3.8) is 0 Å². The average Bonchev–Trinajstić information content (AvgIpc) is 3.32. The standard InChI is InChI=1S/C52H56N2O8S2/c1-2-28-60-52-49(64-43-24-20-37-12-6-7-13-38(37)31-43)34-47(53-61-35-36-18-21-40(22-19-36)54(57)58)45-32-39(14-8-10-26-55)44(17-9-11-27-56)50(51(45)52)46-33-41(23-25-48(46)62-52)59-29-30-63-42-15-4-3-5-16-42/h2-7,12-13,15-16,18-25,31-33,39,44,49-51,55-56H,1,8-11,14,17,26-30,34-35H2. The summed E-state index contributed by atoms with van der Waals surface area (Å²) in [7, 11) is 0. The fraction of sp³-hybridized carbons (Fsp3) is 0.365. The lowest BCUT2D eigenvalue weighted by atomic mass is 9.56. The first-order valence-electron chi connectivity index (χ1n) is 22.3.